The highest BCUT2D eigenvalue weighted by Crippen LogP contribution is 2.44. The summed E-state index contributed by atoms with van der Waals surface area (Å²) in [6, 6.07) is 12.2. The molecule has 0 saturated heterocycles. The summed E-state index contributed by atoms with van der Waals surface area (Å²) < 4.78 is 5.33. The van der Waals surface area contributed by atoms with Gasteiger partial charge in [-0.3, -0.25) is 4.79 Å². The van der Waals surface area contributed by atoms with Crippen LogP contribution in [0.2, 0.25) is 0 Å². The van der Waals surface area contributed by atoms with Crippen molar-refractivity contribution in [2.24, 2.45) is 0 Å². The van der Waals surface area contributed by atoms with Crippen LogP contribution in [0, 0.1) is 18.3 Å². The third-order valence-electron chi connectivity index (χ3n) is 5.05. The van der Waals surface area contributed by atoms with Crippen LogP contribution in [0.15, 0.2) is 34.9 Å². The Morgan fingerprint density at radius 1 is 1.33 bits per heavy atom. The van der Waals surface area contributed by atoms with E-state index in [9.17, 15) is 10.1 Å². The number of nitriles is 1. The number of rotatable bonds is 4. The summed E-state index contributed by atoms with van der Waals surface area (Å²) in [5.41, 5.74) is 2.09. The molecule has 2 aromatic rings. The SMILES string of the molecule is Cc1ccc(-c2cc(C(=O)N(C3CC3)C3(C#N)CCC3)on2)cc1. The number of aryl methyl sites for hydroxylation is 1. The van der Waals surface area contributed by atoms with Gasteiger partial charge in [-0.15, -0.1) is 0 Å². The molecule has 2 saturated carbocycles. The second-order valence-corrected chi connectivity index (χ2v) is 6.85. The first-order chi connectivity index (χ1) is 11.6. The minimum Gasteiger partial charge on any atom is -0.350 e. The van der Waals surface area contributed by atoms with Gasteiger partial charge in [0.2, 0.25) is 5.76 Å². The zero-order valence-corrected chi connectivity index (χ0v) is 13.7. The number of aromatic nitrogens is 1. The lowest BCUT2D eigenvalue weighted by Gasteiger charge is -2.44. The van der Waals surface area contributed by atoms with Crippen LogP contribution in [0.4, 0.5) is 0 Å². The molecule has 0 aliphatic heterocycles. The molecule has 0 N–H and O–H groups in total. The van der Waals surface area contributed by atoms with Crippen molar-refractivity contribution in [2.75, 3.05) is 0 Å². The molecule has 0 bridgehead atoms. The number of carbonyl (C=O) groups excluding carboxylic acids is 1. The Balaban J connectivity index is 1.62. The summed E-state index contributed by atoms with van der Waals surface area (Å²) >= 11 is 0. The highest BCUT2D eigenvalue weighted by molar-refractivity contribution is 5.93. The summed E-state index contributed by atoms with van der Waals surface area (Å²) in [4.78, 5) is 14.7. The Bertz CT molecular complexity index is 808. The van der Waals surface area contributed by atoms with Crippen molar-refractivity contribution in [3.05, 3.63) is 41.7 Å². The minimum atomic E-state index is -0.644. The van der Waals surface area contributed by atoms with E-state index in [4.69, 9.17) is 4.52 Å². The van der Waals surface area contributed by atoms with Crippen LogP contribution in [0.1, 0.15) is 48.2 Å². The van der Waals surface area contributed by atoms with Crippen LogP contribution in [0.5, 0.6) is 0 Å². The monoisotopic (exact) mass is 321 g/mol. The van der Waals surface area contributed by atoms with Gasteiger partial charge in [0.1, 0.15) is 11.2 Å². The highest BCUT2D eigenvalue weighted by atomic mass is 16.5. The van der Waals surface area contributed by atoms with Crippen molar-refractivity contribution < 1.29 is 9.32 Å². The minimum absolute atomic E-state index is 0.172. The maximum absolute atomic E-state index is 13.0. The van der Waals surface area contributed by atoms with E-state index in [0.29, 0.717) is 5.69 Å². The van der Waals surface area contributed by atoms with Gasteiger partial charge in [0.05, 0.1) is 6.07 Å². The third-order valence-corrected chi connectivity index (χ3v) is 5.05. The Hall–Kier alpha value is -2.61. The zero-order chi connectivity index (χ0) is 16.7. The second kappa shape index (κ2) is 5.48. The average Bonchev–Trinajstić information content (AvgIpc) is 3.26. The summed E-state index contributed by atoms with van der Waals surface area (Å²) in [6.07, 6.45) is 4.44. The second-order valence-electron chi connectivity index (χ2n) is 6.85. The summed E-state index contributed by atoms with van der Waals surface area (Å²) in [5, 5.41) is 13.6. The normalized spacial score (nSPS) is 18.5. The lowest BCUT2D eigenvalue weighted by Crippen LogP contribution is -2.56. The van der Waals surface area contributed by atoms with E-state index in [-0.39, 0.29) is 17.7 Å². The molecule has 2 aliphatic rings. The molecule has 2 fully saturated rings. The Morgan fingerprint density at radius 2 is 2.04 bits per heavy atom. The molecular formula is C19H19N3O2. The number of carbonyl (C=O) groups is 1. The van der Waals surface area contributed by atoms with E-state index in [1.54, 1.807) is 11.0 Å². The van der Waals surface area contributed by atoms with Crippen LogP contribution in [-0.4, -0.2) is 27.5 Å². The van der Waals surface area contributed by atoms with E-state index in [0.717, 1.165) is 37.7 Å². The molecule has 0 atom stereocenters. The molecule has 0 unspecified atom stereocenters. The Morgan fingerprint density at radius 3 is 2.58 bits per heavy atom. The fourth-order valence-electron chi connectivity index (χ4n) is 3.32. The van der Waals surface area contributed by atoms with Crippen LogP contribution in [0.25, 0.3) is 11.3 Å². The molecule has 1 amide bonds. The van der Waals surface area contributed by atoms with E-state index in [2.05, 4.69) is 11.2 Å². The summed E-state index contributed by atoms with van der Waals surface area (Å²) in [5.74, 6) is 0.0172. The number of hydrogen-bond donors (Lipinski definition) is 0. The smallest absolute Gasteiger partial charge is 0.294 e. The van der Waals surface area contributed by atoms with E-state index < -0.39 is 5.54 Å². The summed E-state index contributed by atoms with van der Waals surface area (Å²) in [6.45, 7) is 2.02. The summed E-state index contributed by atoms with van der Waals surface area (Å²) in [7, 11) is 0. The number of hydrogen-bond acceptors (Lipinski definition) is 4. The molecule has 0 radical (unpaired) electrons. The topological polar surface area (TPSA) is 70.1 Å². The molecule has 122 valence electrons. The Kier molecular flexibility index (Phi) is 3.42. The number of benzene rings is 1. The van der Waals surface area contributed by atoms with Gasteiger partial charge in [-0.1, -0.05) is 35.0 Å². The average molecular weight is 321 g/mol. The standard InChI is InChI=1S/C19H19N3O2/c1-13-3-5-14(6-4-13)16-11-17(24-21-16)18(23)22(15-7-8-15)19(12-20)9-2-10-19/h3-6,11,15H,2,7-10H2,1H3. The lowest BCUT2D eigenvalue weighted by molar-refractivity contribution is 0.0323. The molecule has 0 spiro atoms. The van der Waals surface area contributed by atoms with Crippen molar-refractivity contribution in [1.29, 1.82) is 5.26 Å². The van der Waals surface area contributed by atoms with Gasteiger partial charge in [-0.25, -0.2) is 0 Å². The maximum atomic E-state index is 13.0. The van der Waals surface area contributed by atoms with E-state index >= 15 is 0 Å². The van der Waals surface area contributed by atoms with Gasteiger partial charge in [-0.05, 0) is 39.0 Å². The molecule has 5 nitrogen and oxygen atoms in total. The molecule has 1 aromatic carbocycles. The largest absolute Gasteiger partial charge is 0.350 e. The predicted molar refractivity (Wildman–Crippen MR) is 88.1 cm³/mol. The van der Waals surface area contributed by atoms with Gasteiger partial charge in [-0.2, -0.15) is 5.26 Å². The number of nitrogens with zero attached hydrogens (tertiary/aromatic N) is 3. The van der Waals surface area contributed by atoms with Gasteiger partial charge < -0.3 is 9.42 Å². The fraction of sp³-hybridized carbons (Fsp3) is 0.421. The van der Waals surface area contributed by atoms with Crippen LogP contribution in [0.3, 0.4) is 0 Å². The molecule has 5 heteroatoms. The Labute approximate surface area is 140 Å². The van der Waals surface area contributed by atoms with Crippen molar-refractivity contribution in [2.45, 2.75) is 50.6 Å². The third kappa shape index (κ3) is 2.39. The van der Waals surface area contributed by atoms with E-state index in [1.165, 1.54) is 5.56 Å². The molecule has 24 heavy (non-hydrogen) atoms. The van der Waals surface area contributed by atoms with Crippen molar-refractivity contribution in [3.63, 3.8) is 0 Å². The molecule has 2 aliphatic carbocycles. The number of amides is 1. The lowest BCUT2D eigenvalue weighted by atomic mass is 9.76. The van der Waals surface area contributed by atoms with Gasteiger partial charge >= 0.3 is 0 Å². The molecular weight excluding hydrogens is 302 g/mol. The fourth-order valence-corrected chi connectivity index (χ4v) is 3.32. The van der Waals surface area contributed by atoms with Crippen LogP contribution < -0.4 is 0 Å². The highest BCUT2D eigenvalue weighted by Gasteiger charge is 2.52. The molecule has 1 aromatic heterocycles. The predicted octanol–water partition coefficient (Wildman–Crippen LogP) is 3.70. The molecule has 4 rings (SSSR count). The van der Waals surface area contributed by atoms with Crippen LogP contribution >= 0.6 is 0 Å². The first-order valence-corrected chi connectivity index (χ1v) is 8.42. The van der Waals surface area contributed by atoms with Crippen molar-refractivity contribution in [1.82, 2.24) is 10.1 Å². The quantitative estimate of drug-likeness (QED) is 0.861. The maximum Gasteiger partial charge on any atom is 0.294 e. The first-order valence-electron chi connectivity index (χ1n) is 8.42. The van der Waals surface area contributed by atoms with Gasteiger partial charge in [0.15, 0.2) is 0 Å². The zero-order valence-electron chi connectivity index (χ0n) is 13.7. The van der Waals surface area contributed by atoms with E-state index in [1.807, 2.05) is 31.2 Å². The van der Waals surface area contributed by atoms with Crippen molar-refractivity contribution in [3.8, 4) is 17.3 Å². The molecule has 1 heterocycles. The first kappa shape index (κ1) is 14.9. The van der Waals surface area contributed by atoms with Crippen molar-refractivity contribution >= 4 is 5.91 Å². The van der Waals surface area contributed by atoms with Gasteiger partial charge in [0, 0.05) is 17.7 Å². The van der Waals surface area contributed by atoms with Gasteiger partial charge in [0.25, 0.3) is 5.91 Å². The van der Waals surface area contributed by atoms with Crippen LogP contribution in [-0.2, 0) is 0 Å².